The van der Waals surface area contributed by atoms with Gasteiger partial charge in [0.25, 0.3) is 0 Å². The summed E-state index contributed by atoms with van der Waals surface area (Å²) in [5.74, 6) is -0.905. The van der Waals surface area contributed by atoms with Gasteiger partial charge in [-0.3, -0.25) is 19.2 Å². The number of rotatable bonds is 21. The number of carbonyl (C=O) groups excluding carboxylic acids is 4. The van der Waals surface area contributed by atoms with Crippen molar-refractivity contribution < 1.29 is 68.8 Å². The van der Waals surface area contributed by atoms with Crippen LogP contribution in [0.25, 0.3) is 0 Å². The van der Waals surface area contributed by atoms with Crippen LogP contribution >= 0.6 is 0 Å². The second kappa shape index (κ2) is 21.7. The van der Waals surface area contributed by atoms with Crippen molar-refractivity contribution in [3.8, 4) is 0 Å². The summed E-state index contributed by atoms with van der Waals surface area (Å²) in [7, 11) is 0. The SMILES string of the molecule is CCCC(=O)CCCCC(=O)N(CCC(=O)NCCO[C@@H]1O[C@@H](C)[C@@H](O)[C@@H](O)[C@@H]1O)CCC(=O)NCCO[C@@H]1O[C@@H](C)[C@@H](O)[C@@H](O)[C@@H]1O. The molecule has 0 aromatic rings. The van der Waals surface area contributed by atoms with Gasteiger partial charge in [0.05, 0.1) is 25.4 Å². The molecule has 8 N–H and O–H groups in total. The van der Waals surface area contributed by atoms with Crippen LogP contribution in [0.5, 0.6) is 0 Å². The van der Waals surface area contributed by atoms with E-state index < -0.39 is 73.2 Å². The molecule has 48 heavy (non-hydrogen) atoms. The third kappa shape index (κ3) is 13.9. The van der Waals surface area contributed by atoms with Crippen molar-refractivity contribution in [2.75, 3.05) is 39.4 Å². The number of nitrogens with one attached hydrogen (secondary N) is 2. The first kappa shape index (κ1) is 41.8. The molecule has 0 saturated carbocycles. The maximum absolute atomic E-state index is 13.0. The Kier molecular flexibility index (Phi) is 18.9. The molecule has 0 aromatic heterocycles. The van der Waals surface area contributed by atoms with Crippen LogP contribution in [0.15, 0.2) is 0 Å². The zero-order valence-electron chi connectivity index (χ0n) is 28.1. The van der Waals surface area contributed by atoms with E-state index in [0.717, 1.165) is 6.42 Å². The van der Waals surface area contributed by atoms with Crippen molar-refractivity contribution in [1.29, 1.82) is 0 Å². The number of ether oxygens (including phenoxy) is 4. The smallest absolute Gasteiger partial charge is 0.222 e. The highest BCUT2D eigenvalue weighted by atomic mass is 16.7. The summed E-state index contributed by atoms with van der Waals surface area (Å²) in [6, 6.07) is 0. The highest BCUT2D eigenvalue weighted by Crippen LogP contribution is 2.22. The third-order valence-electron chi connectivity index (χ3n) is 8.22. The zero-order chi connectivity index (χ0) is 35.8. The van der Waals surface area contributed by atoms with Gasteiger partial charge in [0, 0.05) is 58.3 Å². The summed E-state index contributed by atoms with van der Waals surface area (Å²) in [5, 5.41) is 64.7. The second-order valence-corrected chi connectivity index (χ2v) is 12.2. The molecule has 17 nitrogen and oxygen atoms in total. The maximum atomic E-state index is 13.0. The summed E-state index contributed by atoms with van der Waals surface area (Å²) in [6.45, 7) is 5.02. The quantitative estimate of drug-likeness (QED) is 0.0576. The highest BCUT2D eigenvalue weighted by molar-refractivity contribution is 5.81. The van der Waals surface area contributed by atoms with E-state index in [9.17, 15) is 49.8 Å². The minimum absolute atomic E-state index is 0.0337. The van der Waals surface area contributed by atoms with Gasteiger partial charge in [-0.05, 0) is 33.1 Å². The lowest BCUT2D eigenvalue weighted by Crippen LogP contribution is -2.57. The Morgan fingerprint density at radius 3 is 1.50 bits per heavy atom. The number of ketones is 1. The number of carbonyl (C=O) groups is 4. The van der Waals surface area contributed by atoms with Gasteiger partial charge < -0.3 is 65.1 Å². The minimum Gasteiger partial charge on any atom is -0.388 e. The number of nitrogens with zero attached hydrogens (tertiary/aromatic N) is 1. The zero-order valence-corrected chi connectivity index (χ0v) is 28.1. The van der Waals surface area contributed by atoms with E-state index in [-0.39, 0.29) is 70.3 Å². The summed E-state index contributed by atoms with van der Waals surface area (Å²) < 4.78 is 21.5. The molecule has 0 aromatic carbocycles. The molecule has 2 saturated heterocycles. The van der Waals surface area contributed by atoms with E-state index in [2.05, 4.69) is 10.6 Å². The largest absolute Gasteiger partial charge is 0.388 e. The van der Waals surface area contributed by atoms with Gasteiger partial charge in [0.15, 0.2) is 12.6 Å². The number of hydrogen-bond donors (Lipinski definition) is 8. The second-order valence-electron chi connectivity index (χ2n) is 12.2. The van der Waals surface area contributed by atoms with Crippen molar-refractivity contribution in [3.05, 3.63) is 0 Å². The third-order valence-corrected chi connectivity index (χ3v) is 8.22. The van der Waals surface area contributed by atoms with Crippen LogP contribution in [0.1, 0.15) is 72.1 Å². The average Bonchev–Trinajstić information content (AvgIpc) is 3.05. The molecule has 278 valence electrons. The molecular formula is C31H55N3O14. The fraction of sp³-hybridized carbons (Fsp3) is 0.871. The van der Waals surface area contributed by atoms with E-state index >= 15 is 0 Å². The van der Waals surface area contributed by atoms with Crippen LogP contribution in [0.2, 0.25) is 0 Å². The molecule has 2 fully saturated rings. The van der Waals surface area contributed by atoms with Gasteiger partial charge in [-0.15, -0.1) is 0 Å². The fourth-order valence-corrected chi connectivity index (χ4v) is 5.20. The van der Waals surface area contributed by atoms with E-state index in [1.165, 1.54) is 18.7 Å². The van der Waals surface area contributed by atoms with Crippen molar-refractivity contribution in [2.45, 2.75) is 134 Å². The Balaban J connectivity index is 1.78. The number of unbranched alkanes of at least 4 members (excludes halogenated alkanes) is 1. The van der Waals surface area contributed by atoms with Gasteiger partial charge in [0.2, 0.25) is 17.7 Å². The molecule has 0 spiro atoms. The summed E-state index contributed by atoms with van der Waals surface area (Å²) in [5.41, 5.74) is 0. The molecule has 0 unspecified atom stereocenters. The van der Waals surface area contributed by atoms with Gasteiger partial charge >= 0.3 is 0 Å². The number of Topliss-reactive ketones (excluding diaryl/α,β-unsaturated/α-hetero) is 1. The van der Waals surface area contributed by atoms with Crippen LogP contribution in [0, 0.1) is 0 Å². The van der Waals surface area contributed by atoms with Crippen LogP contribution < -0.4 is 10.6 Å². The molecular weight excluding hydrogens is 638 g/mol. The van der Waals surface area contributed by atoms with Crippen LogP contribution in [0.3, 0.4) is 0 Å². The Labute approximate surface area is 280 Å². The monoisotopic (exact) mass is 693 g/mol. The first-order chi connectivity index (χ1) is 22.8. The summed E-state index contributed by atoms with van der Waals surface area (Å²) in [4.78, 5) is 51.2. The van der Waals surface area contributed by atoms with Crippen molar-refractivity contribution in [2.24, 2.45) is 0 Å². The molecule has 17 heteroatoms. The lowest BCUT2D eigenvalue weighted by molar-refractivity contribution is -0.292. The predicted octanol–water partition coefficient (Wildman–Crippen LogP) is -2.55. The van der Waals surface area contributed by atoms with Crippen LogP contribution in [0.4, 0.5) is 0 Å². The first-order valence-corrected chi connectivity index (χ1v) is 16.7. The lowest BCUT2D eigenvalue weighted by Gasteiger charge is -2.38. The lowest BCUT2D eigenvalue weighted by atomic mass is 10.0. The molecule has 0 radical (unpaired) electrons. The van der Waals surface area contributed by atoms with E-state index in [4.69, 9.17) is 18.9 Å². The fourth-order valence-electron chi connectivity index (χ4n) is 5.20. The molecule has 0 bridgehead atoms. The topological polar surface area (TPSA) is 254 Å². The van der Waals surface area contributed by atoms with Crippen molar-refractivity contribution in [1.82, 2.24) is 15.5 Å². The summed E-state index contributed by atoms with van der Waals surface area (Å²) in [6.07, 6.45) is -9.53. The van der Waals surface area contributed by atoms with Crippen LogP contribution in [-0.2, 0) is 38.1 Å². The first-order valence-electron chi connectivity index (χ1n) is 16.7. The standard InChI is InChI=1S/C31H55N3O14/c1-4-7-20(35)8-5-6-9-23(38)34(14-10-21(36)32-12-16-45-30-28(43)26(41)24(39)18(2)47-30)15-11-22(37)33-13-17-46-31-29(44)27(42)25(40)19(3)48-31/h18-19,24-31,39-44H,4-17H2,1-3H3,(H,32,36)(H,33,37)/t18-,19-,24+,25+,26+,27+,28-,29-,30+,31+/m0/s1. The number of aliphatic hydroxyl groups excluding tert-OH is 6. The highest BCUT2D eigenvalue weighted by Gasteiger charge is 2.43. The molecule has 2 aliphatic rings. The maximum Gasteiger partial charge on any atom is 0.222 e. The Morgan fingerprint density at radius 1 is 0.625 bits per heavy atom. The van der Waals surface area contributed by atoms with E-state index in [0.29, 0.717) is 25.7 Å². The number of hydrogen-bond acceptors (Lipinski definition) is 14. The predicted molar refractivity (Wildman–Crippen MR) is 167 cm³/mol. The number of amides is 3. The van der Waals surface area contributed by atoms with Crippen molar-refractivity contribution in [3.63, 3.8) is 0 Å². The molecule has 3 amide bonds. The Bertz CT molecular complexity index is 948. The van der Waals surface area contributed by atoms with Gasteiger partial charge in [0.1, 0.15) is 42.4 Å². The molecule has 0 aliphatic carbocycles. The molecule has 2 rings (SSSR count). The van der Waals surface area contributed by atoms with E-state index in [1.54, 1.807) is 0 Å². The van der Waals surface area contributed by atoms with E-state index in [1.807, 2.05) is 6.92 Å². The molecule has 10 atom stereocenters. The summed E-state index contributed by atoms with van der Waals surface area (Å²) >= 11 is 0. The Hall–Kier alpha value is -2.32. The minimum atomic E-state index is -1.47. The molecule has 2 heterocycles. The Morgan fingerprint density at radius 2 is 1.06 bits per heavy atom. The molecule has 2 aliphatic heterocycles. The van der Waals surface area contributed by atoms with Gasteiger partial charge in [-0.25, -0.2) is 0 Å². The normalized spacial score (nSPS) is 30.4. The average molecular weight is 694 g/mol. The van der Waals surface area contributed by atoms with Crippen LogP contribution in [-0.4, -0.2) is 160 Å². The number of aliphatic hydroxyl groups is 6. The van der Waals surface area contributed by atoms with Gasteiger partial charge in [-0.1, -0.05) is 6.92 Å². The van der Waals surface area contributed by atoms with Crippen molar-refractivity contribution >= 4 is 23.5 Å². The van der Waals surface area contributed by atoms with Gasteiger partial charge in [-0.2, -0.15) is 0 Å².